The molecule has 0 bridgehead atoms. The van der Waals surface area contributed by atoms with Crippen LogP contribution < -0.4 is 5.32 Å². The maximum Gasteiger partial charge on any atom is 0.287 e. The van der Waals surface area contributed by atoms with E-state index < -0.39 is 0 Å². The number of furan rings is 1. The highest BCUT2D eigenvalue weighted by Gasteiger charge is 2.18. The first kappa shape index (κ1) is 12.4. The Kier molecular flexibility index (Phi) is 2.98. The average Bonchev–Trinajstić information content (AvgIpc) is 3.04. The van der Waals surface area contributed by atoms with Crippen LogP contribution in [-0.4, -0.2) is 20.5 Å². The van der Waals surface area contributed by atoms with Gasteiger partial charge in [0.1, 0.15) is 5.76 Å². The largest absolute Gasteiger partial charge is 0.456 e. The number of hydrogen-bond donors (Lipinski definition) is 1. The molecule has 0 saturated heterocycles. The molecule has 20 heavy (non-hydrogen) atoms. The number of nitrogens with zero attached hydrogens (tertiary/aromatic N) is 3. The van der Waals surface area contributed by atoms with Gasteiger partial charge in [-0.25, -0.2) is 0 Å². The summed E-state index contributed by atoms with van der Waals surface area (Å²) in [6.07, 6.45) is 1.87. The molecule has 102 valence electrons. The van der Waals surface area contributed by atoms with Crippen molar-refractivity contribution < 1.29 is 9.21 Å². The molecule has 1 atom stereocenters. The standard InChI is InChI=1S/C14H14N4O2/c1-9-6-7-11(20-9)14(19)15-10(2)13-17-16-12-5-3-4-8-18(12)13/h3-8,10H,1-2H3,(H,15,19)/t10-/m0/s1. The molecule has 3 aromatic rings. The number of hydrogen-bond acceptors (Lipinski definition) is 4. The predicted molar refractivity (Wildman–Crippen MR) is 72.3 cm³/mol. The van der Waals surface area contributed by atoms with E-state index in [1.54, 1.807) is 19.1 Å². The molecular weight excluding hydrogens is 256 g/mol. The van der Waals surface area contributed by atoms with Crippen molar-refractivity contribution in [2.24, 2.45) is 0 Å². The van der Waals surface area contributed by atoms with Crippen molar-refractivity contribution in [2.45, 2.75) is 19.9 Å². The lowest BCUT2D eigenvalue weighted by molar-refractivity contribution is 0.0909. The third kappa shape index (κ3) is 2.16. The maximum atomic E-state index is 12.0. The van der Waals surface area contributed by atoms with Crippen LogP contribution >= 0.6 is 0 Å². The summed E-state index contributed by atoms with van der Waals surface area (Å²) in [7, 11) is 0. The van der Waals surface area contributed by atoms with Crippen LogP contribution in [0.3, 0.4) is 0 Å². The zero-order valence-electron chi connectivity index (χ0n) is 11.2. The van der Waals surface area contributed by atoms with Crippen LogP contribution in [0.5, 0.6) is 0 Å². The van der Waals surface area contributed by atoms with Crippen LogP contribution in [0.15, 0.2) is 40.9 Å². The SMILES string of the molecule is Cc1ccc(C(=O)N[C@@H](C)c2nnc3ccccn23)o1. The van der Waals surface area contributed by atoms with E-state index in [9.17, 15) is 4.79 Å². The lowest BCUT2D eigenvalue weighted by Gasteiger charge is -2.11. The van der Waals surface area contributed by atoms with Gasteiger partial charge in [0, 0.05) is 6.20 Å². The number of carbonyl (C=O) groups is 1. The molecule has 0 spiro atoms. The summed E-state index contributed by atoms with van der Waals surface area (Å²) in [6, 6.07) is 8.78. The summed E-state index contributed by atoms with van der Waals surface area (Å²) >= 11 is 0. The van der Waals surface area contributed by atoms with Gasteiger partial charge in [0.15, 0.2) is 17.2 Å². The van der Waals surface area contributed by atoms with Gasteiger partial charge in [-0.1, -0.05) is 6.07 Å². The predicted octanol–water partition coefficient (Wildman–Crippen LogP) is 2.12. The van der Waals surface area contributed by atoms with E-state index >= 15 is 0 Å². The number of nitrogens with one attached hydrogen (secondary N) is 1. The molecule has 3 heterocycles. The first-order valence-corrected chi connectivity index (χ1v) is 6.32. The number of aryl methyl sites for hydroxylation is 1. The highest BCUT2D eigenvalue weighted by atomic mass is 16.3. The summed E-state index contributed by atoms with van der Waals surface area (Å²) < 4.78 is 7.14. The summed E-state index contributed by atoms with van der Waals surface area (Å²) in [6.45, 7) is 3.66. The normalized spacial score (nSPS) is 12.5. The maximum absolute atomic E-state index is 12.0. The van der Waals surface area contributed by atoms with E-state index in [0.717, 1.165) is 5.65 Å². The summed E-state index contributed by atoms with van der Waals surface area (Å²) in [5.41, 5.74) is 0.748. The Hall–Kier alpha value is -2.63. The minimum atomic E-state index is -0.273. The monoisotopic (exact) mass is 270 g/mol. The van der Waals surface area contributed by atoms with Crippen LogP contribution in [0.4, 0.5) is 0 Å². The Morgan fingerprint density at radius 3 is 2.90 bits per heavy atom. The highest BCUT2D eigenvalue weighted by Crippen LogP contribution is 2.13. The van der Waals surface area contributed by atoms with Crippen molar-refractivity contribution in [3.8, 4) is 0 Å². The lowest BCUT2D eigenvalue weighted by atomic mass is 10.3. The molecule has 0 aliphatic carbocycles. The van der Waals surface area contributed by atoms with Crippen molar-refractivity contribution in [3.05, 3.63) is 53.9 Å². The van der Waals surface area contributed by atoms with Crippen LogP contribution in [0, 0.1) is 6.92 Å². The molecule has 0 saturated carbocycles. The van der Waals surface area contributed by atoms with Crippen molar-refractivity contribution in [1.29, 1.82) is 0 Å². The Bertz CT molecular complexity index is 759. The van der Waals surface area contributed by atoms with E-state index in [2.05, 4.69) is 15.5 Å². The molecular formula is C14H14N4O2. The summed E-state index contributed by atoms with van der Waals surface area (Å²) in [5.74, 6) is 1.41. The first-order valence-electron chi connectivity index (χ1n) is 6.32. The minimum absolute atomic E-state index is 0.265. The number of rotatable bonds is 3. The van der Waals surface area contributed by atoms with Crippen LogP contribution in [0.1, 0.15) is 35.1 Å². The molecule has 1 amide bonds. The molecule has 6 heteroatoms. The molecule has 0 aliphatic heterocycles. The average molecular weight is 270 g/mol. The van der Waals surface area contributed by atoms with Gasteiger partial charge < -0.3 is 9.73 Å². The van der Waals surface area contributed by atoms with Crippen LogP contribution in [0.2, 0.25) is 0 Å². The third-order valence-electron chi connectivity index (χ3n) is 3.04. The second-order valence-electron chi connectivity index (χ2n) is 4.59. The Balaban J connectivity index is 1.82. The number of pyridine rings is 1. The van der Waals surface area contributed by atoms with E-state index in [4.69, 9.17) is 4.42 Å². The van der Waals surface area contributed by atoms with Crippen LogP contribution in [-0.2, 0) is 0 Å². The van der Waals surface area contributed by atoms with Gasteiger partial charge in [-0.2, -0.15) is 0 Å². The van der Waals surface area contributed by atoms with E-state index in [1.807, 2.05) is 35.7 Å². The molecule has 0 aliphatic rings. The number of amides is 1. The van der Waals surface area contributed by atoms with Gasteiger partial charge >= 0.3 is 0 Å². The smallest absolute Gasteiger partial charge is 0.287 e. The van der Waals surface area contributed by atoms with Crippen molar-refractivity contribution in [2.75, 3.05) is 0 Å². The summed E-state index contributed by atoms with van der Waals surface area (Å²) in [5, 5.41) is 11.0. The third-order valence-corrected chi connectivity index (χ3v) is 3.04. The second-order valence-corrected chi connectivity index (χ2v) is 4.59. The van der Waals surface area contributed by atoms with E-state index in [-0.39, 0.29) is 11.9 Å². The molecule has 0 radical (unpaired) electrons. The van der Waals surface area contributed by atoms with Gasteiger partial charge in [-0.3, -0.25) is 9.20 Å². The molecule has 1 N–H and O–H groups in total. The summed E-state index contributed by atoms with van der Waals surface area (Å²) in [4.78, 5) is 12.0. The number of fused-ring (bicyclic) bond motifs is 1. The van der Waals surface area contributed by atoms with Gasteiger partial charge in [0.2, 0.25) is 0 Å². The first-order chi connectivity index (χ1) is 9.65. The molecule has 0 unspecified atom stereocenters. The van der Waals surface area contributed by atoms with Crippen LogP contribution in [0.25, 0.3) is 5.65 Å². The Labute approximate surface area is 115 Å². The zero-order chi connectivity index (χ0) is 14.1. The molecule has 0 aromatic carbocycles. The van der Waals surface area contributed by atoms with E-state index in [1.165, 1.54) is 0 Å². The zero-order valence-corrected chi connectivity index (χ0v) is 11.2. The second kappa shape index (κ2) is 4.80. The quantitative estimate of drug-likeness (QED) is 0.791. The molecule has 3 aromatic heterocycles. The number of carbonyl (C=O) groups excluding carboxylic acids is 1. The molecule has 0 fully saturated rings. The molecule has 3 rings (SSSR count). The van der Waals surface area contributed by atoms with Crippen molar-refractivity contribution in [3.63, 3.8) is 0 Å². The van der Waals surface area contributed by atoms with Gasteiger partial charge in [-0.15, -0.1) is 10.2 Å². The minimum Gasteiger partial charge on any atom is -0.456 e. The van der Waals surface area contributed by atoms with Gasteiger partial charge in [0.25, 0.3) is 5.91 Å². The highest BCUT2D eigenvalue weighted by molar-refractivity contribution is 5.91. The fraction of sp³-hybridized carbons (Fsp3) is 0.214. The Morgan fingerprint density at radius 1 is 1.30 bits per heavy atom. The lowest BCUT2D eigenvalue weighted by Crippen LogP contribution is -2.27. The fourth-order valence-electron chi connectivity index (χ4n) is 2.04. The van der Waals surface area contributed by atoms with Crippen molar-refractivity contribution in [1.82, 2.24) is 19.9 Å². The van der Waals surface area contributed by atoms with Crippen molar-refractivity contribution >= 4 is 11.6 Å². The topological polar surface area (TPSA) is 72.4 Å². The Morgan fingerprint density at radius 2 is 2.15 bits per heavy atom. The van der Waals surface area contributed by atoms with Gasteiger partial charge in [-0.05, 0) is 38.1 Å². The van der Waals surface area contributed by atoms with Gasteiger partial charge in [0.05, 0.1) is 6.04 Å². The number of aromatic nitrogens is 3. The fourth-order valence-corrected chi connectivity index (χ4v) is 2.04. The van der Waals surface area contributed by atoms with E-state index in [0.29, 0.717) is 17.3 Å². The molecule has 6 nitrogen and oxygen atoms in total.